The summed E-state index contributed by atoms with van der Waals surface area (Å²) in [5, 5.41) is 0. The molecule has 0 aromatic heterocycles. The molecule has 7 nitrogen and oxygen atoms in total. The van der Waals surface area contributed by atoms with E-state index in [1.165, 1.54) is 7.11 Å². The maximum Gasteiger partial charge on any atom is 0.409 e. The summed E-state index contributed by atoms with van der Waals surface area (Å²) in [6, 6.07) is 5.42. The van der Waals surface area contributed by atoms with Crippen molar-refractivity contribution in [1.82, 2.24) is 9.80 Å². The quantitative estimate of drug-likeness (QED) is 0.834. The third-order valence-corrected chi connectivity index (χ3v) is 4.12. The molecule has 1 saturated heterocycles. The zero-order chi connectivity index (χ0) is 17.5. The molecule has 0 spiro atoms. The maximum atomic E-state index is 12.6. The minimum atomic E-state index is -0.346. The van der Waals surface area contributed by atoms with Crippen molar-refractivity contribution in [3.63, 3.8) is 0 Å². The van der Waals surface area contributed by atoms with E-state index >= 15 is 0 Å². The highest BCUT2D eigenvalue weighted by molar-refractivity contribution is 5.80. The van der Waals surface area contributed by atoms with E-state index in [2.05, 4.69) is 0 Å². The molecule has 24 heavy (non-hydrogen) atoms. The fraction of sp³-hybridized carbons (Fsp3) is 0.529. The topological polar surface area (TPSA) is 68.3 Å². The van der Waals surface area contributed by atoms with E-state index in [1.807, 2.05) is 12.1 Å². The number of hydrogen-bond donors (Lipinski definition) is 0. The van der Waals surface area contributed by atoms with Crippen LogP contribution in [0, 0.1) is 0 Å². The Labute approximate surface area is 142 Å². The van der Waals surface area contributed by atoms with Crippen LogP contribution in [-0.2, 0) is 16.0 Å². The van der Waals surface area contributed by atoms with Gasteiger partial charge in [0, 0.05) is 37.8 Å². The highest BCUT2D eigenvalue weighted by Crippen LogP contribution is 2.25. The van der Waals surface area contributed by atoms with Crippen LogP contribution in [0.5, 0.6) is 11.5 Å². The van der Waals surface area contributed by atoms with Crippen LogP contribution < -0.4 is 9.47 Å². The number of ether oxygens (including phenoxy) is 3. The molecule has 1 aromatic carbocycles. The van der Waals surface area contributed by atoms with Gasteiger partial charge in [0.15, 0.2) is 0 Å². The van der Waals surface area contributed by atoms with Crippen molar-refractivity contribution < 1.29 is 23.8 Å². The van der Waals surface area contributed by atoms with E-state index in [1.54, 1.807) is 30.1 Å². The Morgan fingerprint density at radius 3 is 2.38 bits per heavy atom. The lowest BCUT2D eigenvalue weighted by molar-refractivity contribution is -0.130. The zero-order valence-corrected chi connectivity index (χ0v) is 14.4. The predicted molar refractivity (Wildman–Crippen MR) is 88.4 cm³/mol. The third-order valence-electron chi connectivity index (χ3n) is 4.12. The summed E-state index contributed by atoms with van der Waals surface area (Å²) in [6.45, 7) is 2.22. The van der Waals surface area contributed by atoms with Crippen molar-refractivity contribution in [2.24, 2.45) is 0 Å². The first-order valence-corrected chi connectivity index (χ1v) is 7.90. The largest absolute Gasteiger partial charge is 0.497 e. The van der Waals surface area contributed by atoms with Crippen molar-refractivity contribution in [1.29, 1.82) is 0 Å². The normalized spacial score (nSPS) is 14.8. The molecule has 0 radical (unpaired) electrons. The number of nitrogens with zero attached hydrogens (tertiary/aromatic N) is 2. The Morgan fingerprint density at radius 1 is 1.00 bits per heavy atom. The van der Waals surface area contributed by atoms with Crippen molar-refractivity contribution in [3.8, 4) is 11.5 Å². The summed E-state index contributed by atoms with van der Waals surface area (Å²) in [7, 11) is 4.53. The average molecular weight is 336 g/mol. The fourth-order valence-corrected chi connectivity index (χ4v) is 2.75. The van der Waals surface area contributed by atoms with E-state index in [0.717, 1.165) is 12.0 Å². The molecule has 0 saturated carbocycles. The first-order chi connectivity index (χ1) is 11.6. The van der Waals surface area contributed by atoms with Gasteiger partial charge in [-0.3, -0.25) is 4.79 Å². The number of carbonyl (C=O) groups is 2. The molecule has 1 fully saturated rings. The molecule has 0 N–H and O–H groups in total. The van der Waals surface area contributed by atoms with Crippen LogP contribution in [-0.4, -0.2) is 69.3 Å². The second-order valence-corrected chi connectivity index (χ2v) is 5.55. The first kappa shape index (κ1) is 17.9. The average Bonchev–Trinajstić information content (AvgIpc) is 2.87. The van der Waals surface area contributed by atoms with Crippen molar-refractivity contribution in [2.45, 2.75) is 12.8 Å². The van der Waals surface area contributed by atoms with Crippen LogP contribution in [0.1, 0.15) is 12.0 Å². The standard InChI is InChI=1S/C17H24N2O5/c1-22-14-6-5-13(15(12-14)23-2)11-16(20)18-7-4-8-19(10-9-18)17(21)24-3/h5-6,12H,4,7-11H2,1-3H3. The van der Waals surface area contributed by atoms with Crippen LogP contribution in [0.25, 0.3) is 0 Å². The van der Waals surface area contributed by atoms with Crippen LogP contribution >= 0.6 is 0 Å². The summed E-state index contributed by atoms with van der Waals surface area (Å²) in [4.78, 5) is 27.6. The molecule has 132 valence electrons. The van der Waals surface area contributed by atoms with Gasteiger partial charge in [-0.15, -0.1) is 0 Å². The van der Waals surface area contributed by atoms with Crippen molar-refractivity contribution in [2.75, 3.05) is 47.5 Å². The lowest BCUT2D eigenvalue weighted by Crippen LogP contribution is -2.37. The van der Waals surface area contributed by atoms with Gasteiger partial charge in [0.2, 0.25) is 5.91 Å². The summed E-state index contributed by atoms with van der Waals surface area (Å²) < 4.78 is 15.3. The number of rotatable bonds is 4. The number of benzene rings is 1. The Hall–Kier alpha value is -2.44. The van der Waals surface area contributed by atoms with Crippen LogP contribution in [0.3, 0.4) is 0 Å². The van der Waals surface area contributed by atoms with Crippen molar-refractivity contribution >= 4 is 12.0 Å². The molecule has 7 heteroatoms. The molecular weight excluding hydrogens is 312 g/mol. The minimum Gasteiger partial charge on any atom is -0.497 e. The molecule has 1 heterocycles. The summed E-state index contributed by atoms with van der Waals surface area (Å²) in [5.74, 6) is 1.34. The number of hydrogen-bond acceptors (Lipinski definition) is 5. The number of carbonyl (C=O) groups excluding carboxylic acids is 2. The maximum absolute atomic E-state index is 12.6. The molecule has 0 unspecified atom stereocenters. The smallest absolute Gasteiger partial charge is 0.409 e. The van der Waals surface area contributed by atoms with E-state index in [-0.39, 0.29) is 18.4 Å². The van der Waals surface area contributed by atoms with E-state index in [4.69, 9.17) is 14.2 Å². The number of amides is 2. The summed E-state index contributed by atoms with van der Waals surface area (Å²) in [6.07, 6.45) is 0.646. The Balaban J connectivity index is 2.01. The molecule has 0 atom stereocenters. The van der Waals surface area contributed by atoms with Gasteiger partial charge in [0.25, 0.3) is 0 Å². The summed E-state index contributed by atoms with van der Waals surface area (Å²) >= 11 is 0. The zero-order valence-electron chi connectivity index (χ0n) is 14.4. The third kappa shape index (κ3) is 4.31. The molecule has 2 amide bonds. The number of methoxy groups -OCH3 is 3. The van der Waals surface area contributed by atoms with Gasteiger partial charge in [-0.25, -0.2) is 4.79 Å². The lowest BCUT2D eigenvalue weighted by Gasteiger charge is -2.22. The Kier molecular flexibility index (Phi) is 6.28. The van der Waals surface area contributed by atoms with E-state index in [0.29, 0.717) is 37.7 Å². The van der Waals surface area contributed by atoms with Crippen LogP contribution in [0.2, 0.25) is 0 Å². The molecule has 1 aliphatic rings. The second-order valence-electron chi connectivity index (χ2n) is 5.55. The van der Waals surface area contributed by atoms with Gasteiger partial charge in [-0.05, 0) is 12.5 Å². The van der Waals surface area contributed by atoms with E-state index in [9.17, 15) is 9.59 Å². The van der Waals surface area contributed by atoms with Gasteiger partial charge in [0.05, 0.1) is 27.8 Å². The molecular formula is C17H24N2O5. The summed E-state index contributed by atoms with van der Waals surface area (Å²) in [5.41, 5.74) is 0.817. The molecule has 0 aliphatic carbocycles. The SMILES string of the molecule is COC(=O)N1CCCN(C(=O)Cc2ccc(OC)cc2OC)CC1. The van der Waals surface area contributed by atoms with Gasteiger partial charge < -0.3 is 24.0 Å². The minimum absolute atomic E-state index is 0.0187. The Morgan fingerprint density at radius 2 is 1.71 bits per heavy atom. The van der Waals surface area contributed by atoms with E-state index < -0.39 is 0 Å². The molecule has 1 aliphatic heterocycles. The monoisotopic (exact) mass is 336 g/mol. The molecule has 1 aromatic rings. The van der Waals surface area contributed by atoms with Crippen LogP contribution in [0.15, 0.2) is 18.2 Å². The van der Waals surface area contributed by atoms with Gasteiger partial charge in [-0.1, -0.05) is 6.07 Å². The predicted octanol–water partition coefficient (Wildman–Crippen LogP) is 1.55. The molecule has 2 rings (SSSR count). The highest BCUT2D eigenvalue weighted by Gasteiger charge is 2.23. The van der Waals surface area contributed by atoms with Crippen LogP contribution in [0.4, 0.5) is 4.79 Å². The molecule has 0 bridgehead atoms. The van der Waals surface area contributed by atoms with Gasteiger partial charge >= 0.3 is 6.09 Å². The highest BCUT2D eigenvalue weighted by atomic mass is 16.5. The fourth-order valence-electron chi connectivity index (χ4n) is 2.75. The first-order valence-electron chi connectivity index (χ1n) is 7.90. The Bertz CT molecular complexity index is 590. The van der Waals surface area contributed by atoms with Gasteiger partial charge in [0.1, 0.15) is 11.5 Å². The lowest BCUT2D eigenvalue weighted by atomic mass is 10.1. The second kappa shape index (κ2) is 8.42. The van der Waals surface area contributed by atoms with Gasteiger partial charge in [-0.2, -0.15) is 0 Å². The van der Waals surface area contributed by atoms with Crippen molar-refractivity contribution in [3.05, 3.63) is 23.8 Å².